The molecular formula is C21H38IN5O2. The number of likely N-dealkylation sites (N-methyl/N-ethyl adjacent to an activating group) is 1. The van der Waals surface area contributed by atoms with Crippen molar-refractivity contribution in [2.24, 2.45) is 4.99 Å². The molecule has 8 heteroatoms. The lowest BCUT2D eigenvalue weighted by Crippen LogP contribution is -2.40. The summed E-state index contributed by atoms with van der Waals surface area (Å²) in [5, 5.41) is 9.56. The minimum absolute atomic E-state index is 0. The Balaban J connectivity index is 0.00000784. The Morgan fingerprint density at radius 2 is 1.79 bits per heavy atom. The predicted octanol–water partition coefficient (Wildman–Crippen LogP) is 2.47. The number of carbonyl (C=O) groups is 1. The first-order valence-corrected chi connectivity index (χ1v) is 10.1. The van der Waals surface area contributed by atoms with Crippen molar-refractivity contribution in [1.29, 1.82) is 0 Å². The number of amides is 1. The van der Waals surface area contributed by atoms with E-state index in [-0.39, 0.29) is 29.9 Å². The fourth-order valence-corrected chi connectivity index (χ4v) is 2.62. The molecule has 7 nitrogen and oxygen atoms in total. The topological polar surface area (TPSA) is 78.0 Å². The largest absolute Gasteiger partial charge is 0.385 e. The number of hydrogen-bond donors (Lipinski definition) is 3. The Morgan fingerprint density at radius 3 is 2.41 bits per heavy atom. The average molecular weight is 519 g/mol. The normalized spacial score (nSPS) is 11.1. The Kier molecular flexibility index (Phi) is 16.6. The highest BCUT2D eigenvalue weighted by molar-refractivity contribution is 14.0. The highest BCUT2D eigenvalue weighted by Crippen LogP contribution is 2.04. The quantitative estimate of drug-likeness (QED) is 0.162. The van der Waals surface area contributed by atoms with Crippen molar-refractivity contribution >= 4 is 35.8 Å². The molecule has 0 aliphatic heterocycles. The zero-order valence-corrected chi connectivity index (χ0v) is 20.6. The number of rotatable bonds is 13. The van der Waals surface area contributed by atoms with E-state index in [1.165, 1.54) is 0 Å². The lowest BCUT2D eigenvalue weighted by atomic mass is 10.1. The number of guanidine groups is 1. The van der Waals surface area contributed by atoms with Gasteiger partial charge >= 0.3 is 0 Å². The van der Waals surface area contributed by atoms with Crippen LogP contribution in [0.4, 0.5) is 0 Å². The molecule has 0 aliphatic rings. The van der Waals surface area contributed by atoms with E-state index in [0.717, 1.165) is 63.6 Å². The number of hydrogen-bond acceptors (Lipinski definition) is 4. The van der Waals surface area contributed by atoms with Gasteiger partial charge in [-0.2, -0.15) is 0 Å². The Bertz CT molecular complexity index is 581. The number of nitrogens with zero attached hydrogens (tertiary/aromatic N) is 2. The molecule has 0 aromatic heterocycles. The predicted molar refractivity (Wildman–Crippen MR) is 131 cm³/mol. The number of methoxy groups -OCH3 is 1. The van der Waals surface area contributed by atoms with Crippen LogP contribution in [0.2, 0.25) is 0 Å². The van der Waals surface area contributed by atoms with Crippen LogP contribution in [-0.4, -0.2) is 70.8 Å². The van der Waals surface area contributed by atoms with Crippen LogP contribution >= 0.6 is 24.0 Å². The van der Waals surface area contributed by atoms with Gasteiger partial charge in [0.1, 0.15) is 0 Å². The standard InChI is InChI=1S/C21H37N5O2.HI/c1-5-6-12-23-20(27)19-10-8-18(9-11-19)17-25-21(22-2)24-13-15-26(3)14-7-16-28-4;/h8-11H,5-7,12-17H2,1-4H3,(H,23,27)(H2,22,24,25);1H. The Morgan fingerprint density at radius 1 is 1.07 bits per heavy atom. The van der Waals surface area contributed by atoms with Gasteiger partial charge in [0.2, 0.25) is 0 Å². The maximum Gasteiger partial charge on any atom is 0.251 e. The zero-order valence-electron chi connectivity index (χ0n) is 18.3. The van der Waals surface area contributed by atoms with Crippen molar-refractivity contribution in [2.45, 2.75) is 32.7 Å². The van der Waals surface area contributed by atoms with E-state index in [2.05, 4.69) is 39.8 Å². The number of aliphatic imine (C=N–C) groups is 1. The summed E-state index contributed by atoms with van der Waals surface area (Å²) in [6.07, 6.45) is 3.11. The first-order valence-electron chi connectivity index (χ1n) is 10.1. The highest BCUT2D eigenvalue weighted by atomic mass is 127. The van der Waals surface area contributed by atoms with E-state index in [9.17, 15) is 4.79 Å². The van der Waals surface area contributed by atoms with E-state index in [0.29, 0.717) is 12.1 Å². The van der Waals surface area contributed by atoms with Gasteiger partial charge < -0.3 is 25.6 Å². The molecular weight excluding hydrogens is 481 g/mol. The van der Waals surface area contributed by atoms with Gasteiger partial charge in [-0.1, -0.05) is 25.5 Å². The lowest BCUT2D eigenvalue weighted by molar-refractivity contribution is 0.0953. The number of halogens is 1. The van der Waals surface area contributed by atoms with Gasteiger partial charge in [0, 0.05) is 59.1 Å². The minimum atomic E-state index is -0.0138. The second-order valence-corrected chi connectivity index (χ2v) is 6.81. The zero-order chi connectivity index (χ0) is 20.6. The fraction of sp³-hybridized carbons (Fsp3) is 0.619. The molecule has 3 N–H and O–H groups in total. The summed E-state index contributed by atoms with van der Waals surface area (Å²) < 4.78 is 5.08. The SMILES string of the molecule is CCCCNC(=O)c1ccc(CNC(=NC)NCCN(C)CCCOC)cc1.I. The molecule has 1 amide bonds. The van der Waals surface area contributed by atoms with Gasteiger partial charge in [-0.25, -0.2) is 0 Å². The number of nitrogens with one attached hydrogen (secondary N) is 3. The molecule has 0 spiro atoms. The van der Waals surface area contributed by atoms with E-state index >= 15 is 0 Å². The fourth-order valence-electron chi connectivity index (χ4n) is 2.62. The van der Waals surface area contributed by atoms with Gasteiger partial charge in [-0.3, -0.25) is 9.79 Å². The molecule has 0 aliphatic carbocycles. The monoisotopic (exact) mass is 519 g/mol. The molecule has 0 fully saturated rings. The molecule has 0 saturated heterocycles. The second-order valence-electron chi connectivity index (χ2n) is 6.81. The first-order chi connectivity index (χ1) is 13.6. The molecule has 0 saturated carbocycles. The molecule has 0 heterocycles. The van der Waals surface area contributed by atoms with Gasteiger partial charge in [0.25, 0.3) is 5.91 Å². The van der Waals surface area contributed by atoms with E-state index < -0.39 is 0 Å². The highest BCUT2D eigenvalue weighted by Gasteiger charge is 2.05. The lowest BCUT2D eigenvalue weighted by Gasteiger charge is -2.18. The van der Waals surface area contributed by atoms with Crippen molar-refractivity contribution in [1.82, 2.24) is 20.9 Å². The van der Waals surface area contributed by atoms with Crippen LogP contribution in [0.5, 0.6) is 0 Å². The Hall–Kier alpha value is -1.39. The van der Waals surface area contributed by atoms with Crippen molar-refractivity contribution < 1.29 is 9.53 Å². The summed E-state index contributed by atoms with van der Waals surface area (Å²) in [7, 11) is 5.60. The summed E-state index contributed by atoms with van der Waals surface area (Å²) in [6.45, 7) is 7.05. The smallest absolute Gasteiger partial charge is 0.251 e. The molecule has 0 unspecified atom stereocenters. The van der Waals surface area contributed by atoms with Crippen molar-refractivity contribution in [3.05, 3.63) is 35.4 Å². The molecule has 166 valence electrons. The third-order valence-electron chi connectivity index (χ3n) is 4.39. The summed E-state index contributed by atoms with van der Waals surface area (Å²) in [4.78, 5) is 18.6. The maximum absolute atomic E-state index is 12.0. The minimum Gasteiger partial charge on any atom is -0.385 e. The van der Waals surface area contributed by atoms with Crippen LogP contribution in [0.25, 0.3) is 0 Å². The average Bonchev–Trinajstić information content (AvgIpc) is 2.71. The molecule has 0 radical (unpaired) electrons. The Labute approximate surface area is 193 Å². The van der Waals surface area contributed by atoms with E-state index in [1.807, 2.05) is 24.3 Å². The number of carbonyl (C=O) groups excluding carboxylic acids is 1. The molecule has 1 aromatic rings. The van der Waals surface area contributed by atoms with Gasteiger partial charge in [0.15, 0.2) is 5.96 Å². The maximum atomic E-state index is 12.0. The summed E-state index contributed by atoms with van der Waals surface area (Å²) in [5.41, 5.74) is 1.80. The van der Waals surface area contributed by atoms with Crippen LogP contribution in [0.3, 0.4) is 0 Å². The number of unbranched alkanes of at least 4 members (excludes halogenated alkanes) is 1. The van der Waals surface area contributed by atoms with Crippen molar-refractivity contribution in [2.75, 3.05) is 54.0 Å². The third-order valence-corrected chi connectivity index (χ3v) is 4.39. The number of benzene rings is 1. The van der Waals surface area contributed by atoms with Crippen molar-refractivity contribution in [3.63, 3.8) is 0 Å². The van der Waals surface area contributed by atoms with Crippen LogP contribution < -0.4 is 16.0 Å². The first kappa shape index (κ1) is 27.6. The molecule has 0 atom stereocenters. The summed E-state index contributed by atoms with van der Waals surface area (Å²) >= 11 is 0. The summed E-state index contributed by atoms with van der Waals surface area (Å²) in [5.74, 6) is 0.756. The van der Waals surface area contributed by atoms with Crippen LogP contribution in [0.15, 0.2) is 29.3 Å². The molecule has 0 bridgehead atoms. The number of ether oxygens (including phenoxy) is 1. The molecule has 29 heavy (non-hydrogen) atoms. The van der Waals surface area contributed by atoms with Crippen molar-refractivity contribution in [3.8, 4) is 0 Å². The van der Waals surface area contributed by atoms with Crippen LogP contribution in [-0.2, 0) is 11.3 Å². The van der Waals surface area contributed by atoms with E-state index in [1.54, 1.807) is 14.2 Å². The van der Waals surface area contributed by atoms with E-state index in [4.69, 9.17) is 4.74 Å². The second kappa shape index (κ2) is 17.5. The van der Waals surface area contributed by atoms with Gasteiger partial charge in [-0.15, -0.1) is 24.0 Å². The van der Waals surface area contributed by atoms with Crippen LogP contribution in [0, 0.1) is 0 Å². The third kappa shape index (κ3) is 12.7. The van der Waals surface area contributed by atoms with Gasteiger partial charge in [0.05, 0.1) is 0 Å². The summed E-state index contributed by atoms with van der Waals surface area (Å²) in [6, 6.07) is 7.67. The van der Waals surface area contributed by atoms with Crippen LogP contribution in [0.1, 0.15) is 42.1 Å². The molecule has 1 aromatic carbocycles. The molecule has 1 rings (SSSR count). The van der Waals surface area contributed by atoms with Gasteiger partial charge in [-0.05, 0) is 37.6 Å².